The molecule has 1 N–H and O–H groups in total. The van der Waals surface area contributed by atoms with Gasteiger partial charge in [0.25, 0.3) is 5.91 Å². The maximum atomic E-state index is 13.7. The summed E-state index contributed by atoms with van der Waals surface area (Å²) in [5.74, 6) is -2.61. The molecule has 1 amide bonds. The minimum Gasteiger partial charge on any atom is -0.285 e. The van der Waals surface area contributed by atoms with Crippen LogP contribution in [0.4, 0.5) is 8.78 Å². The monoisotopic (exact) mass is 457 g/mol. The minimum absolute atomic E-state index is 0.0834. The summed E-state index contributed by atoms with van der Waals surface area (Å²) in [5.41, 5.74) is 5.03. The average molecular weight is 458 g/mol. The minimum atomic E-state index is -2.70. The Morgan fingerprint density at radius 3 is 2.75 bits per heavy atom. The second kappa shape index (κ2) is 9.42. The summed E-state index contributed by atoms with van der Waals surface area (Å²) in [6.07, 6.45) is -0.161. The molecule has 1 aliphatic rings. The normalized spacial score (nSPS) is 17.6. The highest BCUT2D eigenvalue weighted by molar-refractivity contribution is 7.85. The summed E-state index contributed by atoms with van der Waals surface area (Å²) in [6.45, 7) is 2.29. The van der Waals surface area contributed by atoms with E-state index < -0.39 is 22.6 Å². The van der Waals surface area contributed by atoms with Crippen molar-refractivity contribution in [2.24, 2.45) is 0 Å². The average Bonchev–Trinajstić information content (AvgIpc) is 2.97. The van der Waals surface area contributed by atoms with Crippen molar-refractivity contribution in [1.82, 2.24) is 15.4 Å². The first-order chi connectivity index (χ1) is 15.4. The number of para-hydroxylation sites is 1. The summed E-state index contributed by atoms with van der Waals surface area (Å²) < 4.78 is 39.8. The van der Waals surface area contributed by atoms with Crippen LogP contribution in [0.3, 0.4) is 0 Å². The zero-order valence-corrected chi connectivity index (χ0v) is 18.6. The van der Waals surface area contributed by atoms with Crippen molar-refractivity contribution in [1.29, 1.82) is 0 Å². The van der Waals surface area contributed by atoms with Crippen LogP contribution in [0.15, 0.2) is 59.5 Å². The Hall–Kier alpha value is -2.71. The number of aromatic nitrogens is 1. The predicted molar refractivity (Wildman–Crippen MR) is 122 cm³/mol. The van der Waals surface area contributed by atoms with Crippen molar-refractivity contribution in [2.75, 3.05) is 18.8 Å². The Kier molecular flexibility index (Phi) is 6.62. The Labute approximate surface area is 188 Å². The fourth-order valence-electron chi connectivity index (χ4n) is 3.84. The smallest absolute Gasteiger partial charge is 0.267 e. The van der Waals surface area contributed by atoms with Crippen LogP contribution in [0.2, 0.25) is 0 Å². The molecule has 1 aliphatic heterocycles. The summed E-state index contributed by atoms with van der Waals surface area (Å²) in [4.78, 5) is 18.7. The molecule has 168 valence electrons. The zero-order chi connectivity index (χ0) is 22.7. The van der Waals surface area contributed by atoms with Gasteiger partial charge in [-0.3, -0.25) is 14.4 Å². The van der Waals surface area contributed by atoms with E-state index in [0.29, 0.717) is 40.4 Å². The topological polar surface area (TPSA) is 62.3 Å². The lowest BCUT2D eigenvalue weighted by Gasteiger charge is -2.22. The number of hydrazine groups is 1. The van der Waals surface area contributed by atoms with Crippen molar-refractivity contribution in [3.63, 3.8) is 0 Å². The number of pyridine rings is 1. The van der Waals surface area contributed by atoms with Crippen LogP contribution < -0.4 is 5.43 Å². The summed E-state index contributed by atoms with van der Waals surface area (Å²) in [7, 11) is -1.14. The van der Waals surface area contributed by atoms with E-state index in [-0.39, 0.29) is 19.4 Å². The third kappa shape index (κ3) is 5.02. The fourth-order valence-corrected chi connectivity index (χ4v) is 4.66. The molecule has 0 bridgehead atoms. The molecule has 1 saturated heterocycles. The van der Waals surface area contributed by atoms with Gasteiger partial charge in [0.1, 0.15) is 0 Å². The molecular weight excluding hydrogens is 432 g/mol. The largest absolute Gasteiger partial charge is 0.285 e. The number of carbonyl (C=O) groups excluding carboxylic acids is 1. The molecule has 3 aromatic rings. The Morgan fingerprint density at radius 2 is 1.94 bits per heavy atom. The van der Waals surface area contributed by atoms with Crippen molar-refractivity contribution < 1.29 is 17.8 Å². The first-order valence-corrected chi connectivity index (χ1v) is 12.0. The first-order valence-electron chi connectivity index (χ1n) is 10.7. The molecule has 4 rings (SSSR count). The molecule has 0 aliphatic carbocycles. The lowest BCUT2D eigenvalue weighted by Crippen LogP contribution is -2.43. The second-order valence-electron chi connectivity index (χ2n) is 7.88. The molecule has 1 unspecified atom stereocenters. The van der Waals surface area contributed by atoms with Gasteiger partial charge in [0.2, 0.25) is 5.92 Å². The van der Waals surface area contributed by atoms with Gasteiger partial charge in [-0.15, -0.1) is 0 Å². The highest BCUT2D eigenvalue weighted by Gasteiger charge is 2.32. The highest BCUT2D eigenvalue weighted by Crippen LogP contribution is 2.29. The van der Waals surface area contributed by atoms with E-state index in [0.717, 1.165) is 10.9 Å². The molecule has 2 heterocycles. The quantitative estimate of drug-likeness (QED) is 0.598. The summed E-state index contributed by atoms with van der Waals surface area (Å²) >= 11 is 0. The van der Waals surface area contributed by atoms with Crippen LogP contribution >= 0.6 is 0 Å². The van der Waals surface area contributed by atoms with Crippen LogP contribution in [0.5, 0.6) is 0 Å². The molecular formula is C24H25F2N3O2S. The van der Waals surface area contributed by atoms with E-state index in [2.05, 4.69) is 5.43 Å². The van der Waals surface area contributed by atoms with Gasteiger partial charge in [-0.2, -0.15) is 0 Å². The number of rotatable bonds is 5. The van der Waals surface area contributed by atoms with Gasteiger partial charge >= 0.3 is 0 Å². The maximum Gasteiger partial charge on any atom is 0.267 e. The van der Waals surface area contributed by atoms with Gasteiger partial charge in [-0.05, 0) is 30.7 Å². The number of amides is 1. The number of fused-ring (bicyclic) bond motifs is 1. The number of hydrogen-bond donors (Lipinski definition) is 1. The summed E-state index contributed by atoms with van der Waals surface area (Å²) in [5, 5.41) is 2.36. The van der Waals surface area contributed by atoms with E-state index in [1.807, 2.05) is 37.3 Å². The van der Waals surface area contributed by atoms with Crippen LogP contribution in [0.1, 0.15) is 36.5 Å². The van der Waals surface area contributed by atoms with Crippen molar-refractivity contribution in [2.45, 2.75) is 37.0 Å². The van der Waals surface area contributed by atoms with E-state index in [9.17, 15) is 17.8 Å². The van der Waals surface area contributed by atoms with Crippen LogP contribution in [0.25, 0.3) is 22.2 Å². The molecule has 5 nitrogen and oxygen atoms in total. The Balaban J connectivity index is 1.72. The Bertz CT molecular complexity index is 1170. The van der Waals surface area contributed by atoms with Gasteiger partial charge in [0.05, 0.1) is 27.6 Å². The number of halogens is 2. The van der Waals surface area contributed by atoms with Gasteiger partial charge in [-0.1, -0.05) is 37.3 Å². The SMILES string of the molecule is CCS(=O)c1cccc(-c2nc3ccccc3cc2C(=O)NN2CCCC(F)(F)CC2)c1. The zero-order valence-electron chi connectivity index (χ0n) is 17.8. The highest BCUT2D eigenvalue weighted by atomic mass is 32.2. The molecule has 32 heavy (non-hydrogen) atoms. The molecule has 8 heteroatoms. The lowest BCUT2D eigenvalue weighted by atomic mass is 10.0. The van der Waals surface area contributed by atoms with Gasteiger partial charge < -0.3 is 0 Å². The number of carbonyl (C=O) groups is 1. The maximum absolute atomic E-state index is 13.7. The first kappa shape index (κ1) is 22.5. The van der Waals surface area contributed by atoms with Crippen LogP contribution in [-0.2, 0) is 10.8 Å². The van der Waals surface area contributed by atoms with Gasteiger partial charge in [-0.25, -0.2) is 18.8 Å². The molecule has 1 aromatic heterocycles. The van der Waals surface area contributed by atoms with E-state index in [1.165, 1.54) is 0 Å². The number of hydrogen-bond acceptors (Lipinski definition) is 4. The van der Waals surface area contributed by atoms with Crippen molar-refractivity contribution in [3.8, 4) is 11.3 Å². The van der Waals surface area contributed by atoms with Crippen molar-refractivity contribution in [3.05, 3.63) is 60.2 Å². The van der Waals surface area contributed by atoms with Gasteiger partial charge in [0, 0.05) is 47.5 Å². The van der Waals surface area contributed by atoms with Gasteiger partial charge in [0.15, 0.2) is 0 Å². The van der Waals surface area contributed by atoms with E-state index >= 15 is 0 Å². The number of benzene rings is 2. The molecule has 1 atom stereocenters. The third-order valence-corrected chi connectivity index (χ3v) is 6.88. The molecule has 2 aromatic carbocycles. The van der Waals surface area contributed by atoms with Crippen LogP contribution in [0, 0.1) is 0 Å². The number of alkyl halides is 2. The second-order valence-corrected chi connectivity index (χ2v) is 9.62. The fraction of sp³-hybridized carbons (Fsp3) is 0.333. The molecule has 0 saturated carbocycles. The number of nitrogens with zero attached hydrogens (tertiary/aromatic N) is 2. The standard InChI is InChI=1S/C24H25F2N3O2S/c1-2-32(31)19-9-5-8-18(15-19)22-20(16-17-7-3-4-10-21(17)27-22)23(30)28-29-13-6-11-24(25,26)12-14-29/h3-5,7-10,15-16H,2,6,11-14H2,1H3,(H,28,30). The number of nitrogens with one attached hydrogen (secondary N) is 1. The van der Waals surface area contributed by atoms with E-state index in [4.69, 9.17) is 4.98 Å². The third-order valence-electron chi connectivity index (χ3n) is 5.58. The van der Waals surface area contributed by atoms with Crippen molar-refractivity contribution >= 4 is 27.6 Å². The predicted octanol–water partition coefficient (Wildman–Crippen LogP) is 4.80. The molecule has 0 spiro atoms. The summed E-state index contributed by atoms with van der Waals surface area (Å²) in [6, 6.07) is 16.5. The molecule has 1 fully saturated rings. The molecule has 0 radical (unpaired) electrons. The van der Waals surface area contributed by atoms with E-state index in [1.54, 1.807) is 29.3 Å². The Morgan fingerprint density at radius 1 is 1.12 bits per heavy atom. The lowest BCUT2D eigenvalue weighted by molar-refractivity contribution is -0.0143. The van der Waals surface area contributed by atoms with Crippen LogP contribution in [-0.4, -0.2) is 44.9 Å².